The highest BCUT2D eigenvalue weighted by Crippen LogP contribution is 2.18. The second-order valence-electron chi connectivity index (χ2n) is 5.15. The van der Waals surface area contributed by atoms with Crippen LogP contribution in [0.1, 0.15) is 32.8 Å². The Morgan fingerprint density at radius 3 is 2.47 bits per heavy atom. The minimum atomic E-state index is -0.266. The van der Waals surface area contributed by atoms with Crippen LogP contribution in [0, 0.1) is 5.41 Å². The van der Waals surface area contributed by atoms with Crippen LogP contribution < -0.4 is 11.0 Å². The van der Waals surface area contributed by atoms with E-state index in [0.717, 1.165) is 5.56 Å². The first kappa shape index (κ1) is 13.7. The molecule has 0 unspecified atom stereocenters. The van der Waals surface area contributed by atoms with Crippen LogP contribution in [0.4, 0.5) is 0 Å². The number of nitrogens with one attached hydrogen (secondary N) is 2. The van der Waals surface area contributed by atoms with Crippen LogP contribution in [-0.2, 0) is 16.2 Å². The summed E-state index contributed by atoms with van der Waals surface area (Å²) in [5.41, 5.74) is 6.34. The Kier molecular flexibility index (Phi) is 5.12. The third kappa shape index (κ3) is 6.71. The van der Waals surface area contributed by atoms with Gasteiger partial charge >= 0.3 is 5.97 Å². The molecule has 0 aromatic heterocycles. The monoisotopic (exact) mass is 236 g/mol. The molecule has 0 fully saturated rings. The molecule has 0 atom stereocenters. The molecule has 1 aromatic rings. The van der Waals surface area contributed by atoms with Gasteiger partial charge in [0.05, 0.1) is 6.42 Å². The Labute approximate surface area is 102 Å². The summed E-state index contributed by atoms with van der Waals surface area (Å²) in [5, 5.41) is 0. The predicted octanol–water partition coefficient (Wildman–Crippen LogP) is 2.18. The van der Waals surface area contributed by atoms with E-state index in [2.05, 4.69) is 11.0 Å². The van der Waals surface area contributed by atoms with E-state index in [4.69, 9.17) is 4.84 Å². The third-order valence-corrected chi connectivity index (χ3v) is 2.05. The summed E-state index contributed by atoms with van der Waals surface area (Å²) >= 11 is 0. The average molecular weight is 236 g/mol. The van der Waals surface area contributed by atoms with Crippen molar-refractivity contribution >= 4 is 5.97 Å². The molecule has 0 aliphatic rings. The van der Waals surface area contributed by atoms with Gasteiger partial charge in [0.1, 0.15) is 0 Å². The van der Waals surface area contributed by atoms with E-state index >= 15 is 0 Å². The van der Waals surface area contributed by atoms with Gasteiger partial charge in [-0.25, -0.2) is 5.43 Å². The van der Waals surface area contributed by atoms with Gasteiger partial charge in [0.15, 0.2) is 0 Å². The quantitative estimate of drug-likeness (QED) is 0.607. The molecule has 0 spiro atoms. The molecular formula is C13H20N2O2. The van der Waals surface area contributed by atoms with E-state index < -0.39 is 0 Å². The van der Waals surface area contributed by atoms with Crippen molar-refractivity contribution in [1.29, 1.82) is 0 Å². The van der Waals surface area contributed by atoms with Gasteiger partial charge in [-0.3, -0.25) is 4.79 Å². The van der Waals surface area contributed by atoms with Crippen LogP contribution in [-0.4, -0.2) is 5.97 Å². The second-order valence-corrected chi connectivity index (χ2v) is 5.15. The summed E-state index contributed by atoms with van der Waals surface area (Å²) in [4.78, 5) is 16.2. The normalized spacial score (nSPS) is 11.2. The first-order valence-electron chi connectivity index (χ1n) is 5.69. The van der Waals surface area contributed by atoms with E-state index in [1.54, 1.807) is 0 Å². The van der Waals surface area contributed by atoms with Gasteiger partial charge in [0, 0.05) is 6.54 Å². The molecule has 0 bridgehead atoms. The predicted molar refractivity (Wildman–Crippen MR) is 66.6 cm³/mol. The van der Waals surface area contributed by atoms with Crippen molar-refractivity contribution in [2.45, 2.75) is 33.7 Å². The zero-order valence-electron chi connectivity index (χ0n) is 10.6. The van der Waals surface area contributed by atoms with Crippen molar-refractivity contribution in [1.82, 2.24) is 11.0 Å². The van der Waals surface area contributed by atoms with Crippen LogP contribution in [0.25, 0.3) is 0 Å². The molecule has 1 rings (SSSR count). The molecule has 0 saturated carbocycles. The van der Waals surface area contributed by atoms with E-state index in [-0.39, 0.29) is 11.4 Å². The maximum absolute atomic E-state index is 11.3. The highest BCUT2D eigenvalue weighted by atomic mass is 16.7. The van der Waals surface area contributed by atoms with Gasteiger partial charge < -0.3 is 4.84 Å². The highest BCUT2D eigenvalue weighted by molar-refractivity contribution is 5.69. The Balaban J connectivity index is 2.14. The third-order valence-electron chi connectivity index (χ3n) is 2.05. The van der Waals surface area contributed by atoms with Crippen molar-refractivity contribution in [3.05, 3.63) is 35.9 Å². The maximum atomic E-state index is 11.3. The molecular weight excluding hydrogens is 216 g/mol. The van der Waals surface area contributed by atoms with Crippen LogP contribution in [0.2, 0.25) is 0 Å². The summed E-state index contributed by atoms with van der Waals surface area (Å²) in [6.45, 7) is 6.58. The average Bonchev–Trinajstić information content (AvgIpc) is 2.23. The minimum Gasteiger partial charge on any atom is -0.356 e. The van der Waals surface area contributed by atoms with Crippen LogP contribution in [0.3, 0.4) is 0 Å². The number of benzene rings is 1. The van der Waals surface area contributed by atoms with Crippen molar-refractivity contribution in [2.24, 2.45) is 5.41 Å². The van der Waals surface area contributed by atoms with E-state index in [9.17, 15) is 4.79 Å². The Bertz CT molecular complexity index is 344. The summed E-state index contributed by atoms with van der Waals surface area (Å²) in [6.07, 6.45) is 0.382. The molecule has 17 heavy (non-hydrogen) atoms. The number of carbonyl (C=O) groups excluding carboxylic acids is 1. The van der Waals surface area contributed by atoms with Gasteiger partial charge in [-0.2, -0.15) is 0 Å². The van der Waals surface area contributed by atoms with Crippen molar-refractivity contribution in [3.63, 3.8) is 0 Å². The number of carbonyl (C=O) groups is 1. The summed E-state index contributed by atoms with van der Waals surface area (Å²) in [7, 11) is 0. The summed E-state index contributed by atoms with van der Waals surface area (Å²) in [6, 6.07) is 9.86. The minimum absolute atomic E-state index is 0.0573. The van der Waals surface area contributed by atoms with Crippen molar-refractivity contribution in [3.8, 4) is 0 Å². The number of hydrogen-bond acceptors (Lipinski definition) is 4. The lowest BCUT2D eigenvalue weighted by Crippen LogP contribution is -2.34. The largest absolute Gasteiger partial charge is 0.356 e. The zero-order chi connectivity index (χ0) is 12.7. The van der Waals surface area contributed by atoms with Gasteiger partial charge in [-0.1, -0.05) is 56.7 Å². The fourth-order valence-corrected chi connectivity index (χ4v) is 1.30. The maximum Gasteiger partial charge on any atom is 0.327 e. The molecule has 0 saturated heterocycles. The van der Waals surface area contributed by atoms with Gasteiger partial charge in [0.2, 0.25) is 0 Å². The lowest BCUT2D eigenvalue weighted by Gasteiger charge is -2.16. The lowest BCUT2D eigenvalue weighted by atomic mass is 9.93. The van der Waals surface area contributed by atoms with Crippen LogP contribution >= 0.6 is 0 Å². The molecule has 0 radical (unpaired) electrons. The number of hydrazine groups is 1. The first-order chi connectivity index (χ1) is 7.97. The number of hydrogen-bond donors (Lipinski definition) is 2. The molecule has 94 valence electrons. The molecule has 0 heterocycles. The van der Waals surface area contributed by atoms with E-state index in [1.807, 2.05) is 51.1 Å². The van der Waals surface area contributed by atoms with Gasteiger partial charge in [-0.05, 0) is 11.0 Å². The molecule has 0 aliphatic carbocycles. The van der Waals surface area contributed by atoms with Crippen LogP contribution in [0.15, 0.2) is 30.3 Å². The molecule has 1 aromatic carbocycles. The highest BCUT2D eigenvalue weighted by Gasteiger charge is 2.16. The Morgan fingerprint density at radius 2 is 1.88 bits per heavy atom. The van der Waals surface area contributed by atoms with E-state index in [1.165, 1.54) is 0 Å². The SMILES string of the molecule is CC(C)(C)CC(=O)ONNCc1ccccc1. The smallest absolute Gasteiger partial charge is 0.327 e. The van der Waals surface area contributed by atoms with Gasteiger partial charge in [-0.15, -0.1) is 0 Å². The fraction of sp³-hybridized carbons (Fsp3) is 0.462. The molecule has 4 heteroatoms. The Morgan fingerprint density at radius 1 is 1.24 bits per heavy atom. The first-order valence-corrected chi connectivity index (χ1v) is 5.69. The number of rotatable bonds is 5. The molecule has 0 aliphatic heterocycles. The van der Waals surface area contributed by atoms with Crippen LogP contribution in [0.5, 0.6) is 0 Å². The van der Waals surface area contributed by atoms with Gasteiger partial charge in [0.25, 0.3) is 0 Å². The standard InChI is InChI=1S/C13H20N2O2/c1-13(2,3)9-12(16)17-15-14-10-11-7-5-4-6-8-11/h4-8,14-15H,9-10H2,1-3H3. The lowest BCUT2D eigenvalue weighted by molar-refractivity contribution is -0.156. The molecule has 4 nitrogen and oxygen atoms in total. The molecule has 0 amide bonds. The molecule has 2 N–H and O–H groups in total. The van der Waals surface area contributed by atoms with Crippen molar-refractivity contribution in [2.75, 3.05) is 0 Å². The summed E-state index contributed by atoms with van der Waals surface area (Å²) < 4.78 is 0. The zero-order valence-corrected chi connectivity index (χ0v) is 10.6. The second kappa shape index (κ2) is 6.37. The fourth-order valence-electron chi connectivity index (χ4n) is 1.30. The topological polar surface area (TPSA) is 50.4 Å². The van der Waals surface area contributed by atoms with Crippen molar-refractivity contribution < 1.29 is 9.63 Å². The van der Waals surface area contributed by atoms with E-state index in [0.29, 0.717) is 13.0 Å². The summed E-state index contributed by atoms with van der Waals surface area (Å²) in [5.74, 6) is -0.266. The Hall–Kier alpha value is -1.39.